The Balaban J connectivity index is 1.98. The van der Waals surface area contributed by atoms with Gasteiger partial charge in [0.05, 0.1) is 16.7 Å². The first-order valence-corrected chi connectivity index (χ1v) is 5.90. The number of aromatic nitrogens is 1. The summed E-state index contributed by atoms with van der Waals surface area (Å²) in [7, 11) is 0. The van der Waals surface area contributed by atoms with Crippen LogP contribution in [0.5, 0.6) is 0 Å². The van der Waals surface area contributed by atoms with Crippen LogP contribution in [0.4, 0.5) is 0 Å². The zero-order chi connectivity index (χ0) is 11.2. The molecule has 3 heteroatoms. The number of rotatable bonds is 3. The van der Waals surface area contributed by atoms with Gasteiger partial charge in [-0.25, -0.2) is 4.98 Å². The first kappa shape index (κ1) is 10.7. The molecular weight excluding hydrogens is 216 g/mol. The van der Waals surface area contributed by atoms with Crippen molar-refractivity contribution in [2.45, 2.75) is 10.8 Å². The first-order chi connectivity index (χ1) is 7.88. The maximum absolute atomic E-state index is 8.67. The van der Waals surface area contributed by atoms with Gasteiger partial charge in [0.25, 0.3) is 0 Å². The molecule has 2 aromatic rings. The molecule has 0 saturated carbocycles. The molecule has 16 heavy (non-hydrogen) atoms. The van der Waals surface area contributed by atoms with E-state index in [0.29, 0.717) is 5.56 Å². The topological polar surface area (TPSA) is 36.7 Å². The highest BCUT2D eigenvalue weighted by Gasteiger charge is 1.97. The summed E-state index contributed by atoms with van der Waals surface area (Å²) in [6, 6.07) is 15.6. The van der Waals surface area contributed by atoms with Gasteiger partial charge in [0, 0.05) is 11.9 Å². The number of nitrogens with zero attached hydrogens (tertiary/aromatic N) is 2. The number of pyridine rings is 1. The van der Waals surface area contributed by atoms with Crippen LogP contribution in [0.15, 0.2) is 53.7 Å². The van der Waals surface area contributed by atoms with Gasteiger partial charge >= 0.3 is 0 Å². The number of hydrogen-bond donors (Lipinski definition) is 0. The first-order valence-electron chi connectivity index (χ1n) is 4.91. The van der Waals surface area contributed by atoms with Crippen LogP contribution in [0.1, 0.15) is 11.1 Å². The Morgan fingerprint density at radius 1 is 1.12 bits per heavy atom. The van der Waals surface area contributed by atoms with Gasteiger partial charge in [0.15, 0.2) is 0 Å². The molecule has 0 bridgehead atoms. The van der Waals surface area contributed by atoms with Crippen LogP contribution in [0, 0.1) is 11.3 Å². The standard InChI is InChI=1S/C13H10N2S/c14-9-11-4-6-12(7-5-11)10-16-13-3-1-2-8-15-13/h1-8H,10H2. The zero-order valence-corrected chi connectivity index (χ0v) is 9.45. The van der Waals surface area contributed by atoms with E-state index in [4.69, 9.17) is 5.26 Å². The molecule has 1 aromatic heterocycles. The molecule has 0 aliphatic rings. The fourth-order valence-corrected chi connectivity index (χ4v) is 2.08. The molecule has 0 radical (unpaired) electrons. The number of hydrogen-bond acceptors (Lipinski definition) is 3. The second-order valence-corrected chi connectivity index (χ2v) is 4.26. The highest BCUT2D eigenvalue weighted by Crippen LogP contribution is 2.20. The van der Waals surface area contributed by atoms with Crippen LogP contribution in [-0.2, 0) is 5.75 Å². The number of benzene rings is 1. The second-order valence-electron chi connectivity index (χ2n) is 3.27. The monoisotopic (exact) mass is 226 g/mol. The normalized spacial score (nSPS) is 9.69. The quantitative estimate of drug-likeness (QED) is 0.754. The van der Waals surface area contributed by atoms with Crippen LogP contribution < -0.4 is 0 Å². The zero-order valence-electron chi connectivity index (χ0n) is 8.63. The van der Waals surface area contributed by atoms with Crippen molar-refractivity contribution in [1.82, 2.24) is 4.98 Å². The van der Waals surface area contributed by atoms with Crippen LogP contribution in [-0.4, -0.2) is 4.98 Å². The maximum Gasteiger partial charge on any atom is 0.0991 e. The van der Waals surface area contributed by atoms with Gasteiger partial charge in [-0.15, -0.1) is 11.8 Å². The van der Waals surface area contributed by atoms with Gasteiger partial charge in [0.2, 0.25) is 0 Å². The lowest BCUT2D eigenvalue weighted by Gasteiger charge is -2.00. The molecular formula is C13H10N2S. The van der Waals surface area contributed by atoms with Gasteiger partial charge in [-0.2, -0.15) is 5.26 Å². The minimum absolute atomic E-state index is 0.701. The average Bonchev–Trinajstić information content (AvgIpc) is 2.38. The molecule has 0 fully saturated rings. The molecule has 0 unspecified atom stereocenters. The third-order valence-corrected chi connectivity index (χ3v) is 3.12. The van der Waals surface area contributed by atoms with Crippen molar-refractivity contribution in [2.24, 2.45) is 0 Å². The molecule has 2 rings (SSSR count). The molecule has 1 aromatic carbocycles. The highest BCUT2D eigenvalue weighted by atomic mass is 32.2. The number of thioether (sulfide) groups is 1. The van der Waals surface area contributed by atoms with Gasteiger partial charge in [-0.05, 0) is 29.8 Å². The molecule has 0 aliphatic carbocycles. The van der Waals surface area contributed by atoms with E-state index in [1.807, 2.05) is 42.5 Å². The molecule has 0 atom stereocenters. The smallest absolute Gasteiger partial charge is 0.0991 e. The third-order valence-electron chi connectivity index (χ3n) is 2.11. The Bertz CT molecular complexity index is 486. The summed E-state index contributed by atoms with van der Waals surface area (Å²) >= 11 is 1.69. The van der Waals surface area contributed by atoms with E-state index in [0.717, 1.165) is 10.8 Å². The van der Waals surface area contributed by atoms with Crippen molar-refractivity contribution in [3.63, 3.8) is 0 Å². The van der Waals surface area contributed by atoms with Crippen LogP contribution in [0.2, 0.25) is 0 Å². The summed E-state index contributed by atoms with van der Waals surface area (Å²) in [5.41, 5.74) is 1.90. The van der Waals surface area contributed by atoms with E-state index >= 15 is 0 Å². The summed E-state index contributed by atoms with van der Waals surface area (Å²) in [5, 5.41) is 9.69. The summed E-state index contributed by atoms with van der Waals surface area (Å²) in [4.78, 5) is 4.24. The molecule has 0 N–H and O–H groups in total. The largest absolute Gasteiger partial charge is 0.250 e. The van der Waals surface area contributed by atoms with E-state index in [1.165, 1.54) is 5.56 Å². The summed E-state index contributed by atoms with van der Waals surface area (Å²) < 4.78 is 0. The fourth-order valence-electron chi connectivity index (χ4n) is 1.27. The molecule has 0 spiro atoms. The van der Waals surface area contributed by atoms with Crippen molar-refractivity contribution < 1.29 is 0 Å². The minimum Gasteiger partial charge on any atom is -0.250 e. The Kier molecular flexibility index (Phi) is 3.58. The molecule has 78 valence electrons. The fraction of sp³-hybridized carbons (Fsp3) is 0.0769. The van der Waals surface area contributed by atoms with E-state index in [-0.39, 0.29) is 0 Å². The Labute approximate surface area is 99.0 Å². The van der Waals surface area contributed by atoms with Crippen molar-refractivity contribution in [1.29, 1.82) is 5.26 Å². The lowest BCUT2D eigenvalue weighted by atomic mass is 10.2. The lowest BCUT2D eigenvalue weighted by Crippen LogP contribution is -1.83. The van der Waals surface area contributed by atoms with E-state index in [9.17, 15) is 0 Å². The van der Waals surface area contributed by atoms with Crippen molar-refractivity contribution >= 4 is 11.8 Å². The van der Waals surface area contributed by atoms with Gasteiger partial charge in [0.1, 0.15) is 0 Å². The molecule has 0 aliphatic heterocycles. The SMILES string of the molecule is N#Cc1ccc(CSc2ccccn2)cc1. The highest BCUT2D eigenvalue weighted by molar-refractivity contribution is 7.98. The molecule has 0 amide bonds. The van der Waals surface area contributed by atoms with Crippen molar-refractivity contribution in [3.8, 4) is 6.07 Å². The van der Waals surface area contributed by atoms with E-state index < -0.39 is 0 Å². The minimum atomic E-state index is 0.701. The predicted molar refractivity (Wildman–Crippen MR) is 65.0 cm³/mol. The predicted octanol–water partition coefficient (Wildman–Crippen LogP) is 3.25. The third kappa shape index (κ3) is 2.85. The maximum atomic E-state index is 8.67. The Morgan fingerprint density at radius 3 is 2.56 bits per heavy atom. The van der Waals surface area contributed by atoms with Gasteiger partial charge in [-0.1, -0.05) is 18.2 Å². The number of nitriles is 1. The lowest BCUT2D eigenvalue weighted by molar-refractivity contribution is 1.13. The summed E-state index contributed by atoms with van der Waals surface area (Å²) in [5.74, 6) is 0.878. The van der Waals surface area contributed by atoms with E-state index in [1.54, 1.807) is 18.0 Å². The summed E-state index contributed by atoms with van der Waals surface area (Å²) in [6.07, 6.45) is 1.79. The van der Waals surface area contributed by atoms with Crippen LogP contribution >= 0.6 is 11.8 Å². The van der Waals surface area contributed by atoms with Crippen LogP contribution in [0.25, 0.3) is 0 Å². The molecule has 1 heterocycles. The average molecular weight is 226 g/mol. The molecule has 2 nitrogen and oxygen atoms in total. The molecule has 0 saturated heterocycles. The van der Waals surface area contributed by atoms with Crippen LogP contribution in [0.3, 0.4) is 0 Å². The van der Waals surface area contributed by atoms with Gasteiger partial charge in [-0.3, -0.25) is 0 Å². The summed E-state index contributed by atoms with van der Waals surface area (Å²) in [6.45, 7) is 0. The van der Waals surface area contributed by atoms with Crippen molar-refractivity contribution in [2.75, 3.05) is 0 Å². The van der Waals surface area contributed by atoms with E-state index in [2.05, 4.69) is 11.1 Å². The Hall–Kier alpha value is -1.79. The Morgan fingerprint density at radius 2 is 1.94 bits per heavy atom. The van der Waals surface area contributed by atoms with Gasteiger partial charge < -0.3 is 0 Å². The second kappa shape index (κ2) is 5.34. The van der Waals surface area contributed by atoms with Crippen molar-refractivity contribution in [3.05, 3.63) is 59.8 Å².